The number of halogens is 3. The molecule has 15 aromatic rings. The van der Waals surface area contributed by atoms with Gasteiger partial charge in [0.25, 0.3) is 0 Å². The minimum atomic E-state index is -0.321. The number of rotatable bonds is 35. The van der Waals surface area contributed by atoms with Gasteiger partial charge in [-0.3, -0.25) is 24.0 Å². The van der Waals surface area contributed by atoms with Crippen LogP contribution in [-0.4, -0.2) is 160 Å². The Morgan fingerprint density at radius 3 is 0.769 bits per heavy atom. The summed E-state index contributed by atoms with van der Waals surface area (Å²) in [4.78, 5) is 86.0. The standard InChI is InChI=1S/C20H20N2O4S.2C19H17ClN2O4S.C19H17FN2O4S.C19H18N2O4S/c1-12-5-7-14(8-6-12)21-20-22-15(11-27-20)18(23)13-9-16(24-2)19(26-4)17(10-13)25-3;1-24-15-8-11(9-16(25-2)18(15)26-3)17(23)14-10-27-19(22-14)21-13-6-4-12(20)5-7-13;1-24-15-9-12(10-16(25-2)18(15)26-3)17(23)14-11-27-19(21-14)22(20)13-7-5-4-6-8-13;1-24-15-8-11(9-16(25-2)18(15)26-3)17(23)14-10-27-19(22-14)21-13-6-4-12(20)5-7-13;1-23-15-9-12(10-16(24-2)18(15)25-3)17(22)14-11-26-19(21-14)20-13-7-5-4-6-8-13/h5-11H,1-4H3,(H,21,22);4-10H,1-3H3,(H,21,22);4-11H,1-3H3;4-10H,1-3H3,(H,21,22);4-11H,1-3H3,(H,20,21). The Bertz CT molecular complexity index is 6030. The summed E-state index contributed by atoms with van der Waals surface area (Å²) in [7, 11) is 22.6. The third-order valence-electron chi connectivity index (χ3n) is 19.0. The van der Waals surface area contributed by atoms with Crippen molar-refractivity contribution in [2.75, 3.05) is 132 Å². The Balaban J connectivity index is 0.000000161. The molecule has 0 aliphatic heterocycles. The highest BCUT2D eigenvalue weighted by Gasteiger charge is 2.28. The zero-order chi connectivity index (χ0) is 96.1. The summed E-state index contributed by atoms with van der Waals surface area (Å²) in [5, 5.41) is 24.6. The van der Waals surface area contributed by atoms with Crippen LogP contribution in [0, 0.1) is 12.7 Å². The molecule has 0 aliphatic carbocycles. The molecule has 5 heterocycles. The summed E-state index contributed by atoms with van der Waals surface area (Å²) in [5.41, 5.74) is 8.83. The minimum absolute atomic E-state index is 0.220. The lowest BCUT2D eigenvalue weighted by Crippen LogP contribution is -2.06. The van der Waals surface area contributed by atoms with Crippen LogP contribution in [0.3, 0.4) is 0 Å². The first-order chi connectivity index (χ1) is 64.9. The van der Waals surface area contributed by atoms with Crippen LogP contribution in [0.4, 0.5) is 58.5 Å². The quantitative estimate of drug-likeness (QED) is 0.0212. The Kier molecular flexibility index (Phi) is 36.0. The van der Waals surface area contributed by atoms with E-state index in [-0.39, 0.29) is 46.1 Å². The maximum atomic E-state index is 13.0. The molecular formula is C96H89Cl2FN10O20S5. The van der Waals surface area contributed by atoms with Gasteiger partial charge in [-0.15, -0.1) is 56.7 Å². The number of methoxy groups -OCH3 is 15. The van der Waals surface area contributed by atoms with Crippen LogP contribution in [0.25, 0.3) is 0 Å². The molecule has 0 radical (unpaired) electrons. The van der Waals surface area contributed by atoms with Crippen molar-refractivity contribution in [2.45, 2.75) is 6.92 Å². The number of carbonyl (C=O) groups is 5. The highest BCUT2D eigenvalue weighted by molar-refractivity contribution is 7.15. The van der Waals surface area contributed by atoms with E-state index in [2.05, 4.69) is 46.2 Å². The predicted octanol–water partition coefficient (Wildman–Crippen LogP) is 22.4. The number of ketones is 5. The van der Waals surface area contributed by atoms with Crippen molar-refractivity contribution in [2.24, 2.45) is 0 Å². The molecule has 0 unspecified atom stereocenters. The first-order valence-corrected chi connectivity index (χ1v) is 44.8. The number of nitrogens with one attached hydrogen (secondary N) is 4. The molecule has 38 heteroatoms. The fourth-order valence-electron chi connectivity index (χ4n) is 12.4. The van der Waals surface area contributed by atoms with Crippen LogP contribution in [-0.2, 0) is 0 Å². The van der Waals surface area contributed by atoms with Crippen LogP contribution in [0.2, 0.25) is 5.02 Å². The Labute approximate surface area is 801 Å². The molecule has 5 aromatic heterocycles. The van der Waals surface area contributed by atoms with E-state index in [1.807, 2.05) is 104 Å². The number of carbonyl (C=O) groups excluding carboxylic acids is 5. The second kappa shape index (κ2) is 48.4. The molecule has 10 aromatic carbocycles. The summed E-state index contributed by atoms with van der Waals surface area (Å²) < 4.78 is 93.8. The van der Waals surface area contributed by atoms with Crippen LogP contribution in [0.15, 0.2) is 221 Å². The van der Waals surface area contributed by atoms with Crippen molar-refractivity contribution in [1.29, 1.82) is 0 Å². The van der Waals surface area contributed by atoms with Gasteiger partial charge in [0.05, 0.1) is 112 Å². The van der Waals surface area contributed by atoms with Gasteiger partial charge < -0.3 is 92.3 Å². The molecular weight excluding hydrogens is 1860 g/mol. The monoisotopic (exact) mass is 1950 g/mol. The number of benzene rings is 10. The van der Waals surface area contributed by atoms with Gasteiger partial charge in [0.1, 0.15) is 34.3 Å². The summed E-state index contributed by atoms with van der Waals surface area (Å²) in [6, 6.07) is 56.1. The summed E-state index contributed by atoms with van der Waals surface area (Å²) in [5.74, 6) is 4.70. The number of hydrogen-bond donors (Lipinski definition) is 4. The van der Waals surface area contributed by atoms with Crippen molar-refractivity contribution in [3.05, 3.63) is 294 Å². The van der Waals surface area contributed by atoms with Gasteiger partial charge in [-0.1, -0.05) is 65.7 Å². The molecule has 0 spiro atoms. The third kappa shape index (κ3) is 25.3. The van der Waals surface area contributed by atoms with Gasteiger partial charge in [-0.2, -0.15) is 0 Å². The van der Waals surface area contributed by atoms with Crippen molar-refractivity contribution < 1.29 is 99.4 Å². The van der Waals surface area contributed by atoms with Gasteiger partial charge in [0, 0.05) is 94.3 Å². The van der Waals surface area contributed by atoms with E-state index < -0.39 is 0 Å². The van der Waals surface area contributed by atoms with Gasteiger partial charge in [-0.05, 0) is 153 Å². The zero-order valence-corrected chi connectivity index (χ0v) is 80.5. The third-order valence-corrected chi connectivity index (χ3v) is 23.5. The maximum Gasteiger partial charge on any atom is 0.212 e. The van der Waals surface area contributed by atoms with Crippen molar-refractivity contribution in [3.63, 3.8) is 0 Å². The Hall–Kier alpha value is -14.8. The molecule has 0 bridgehead atoms. The number of para-hydroxylation sites is 2. The van der Waals surface area contributed by atoms with Crippen molar-refractivity contribution in [3.8, 4) is 86.2 Å². The average molecular weight is 1950 g/mol. The fourth-order valence-corrected chi connectivity index (χ4v) is 16.4. The Morgan fingerprint density at radius 2 is 0.515 bits per heavy atom. The lowest BCUT2D eigenvalue weighted by Gasteiger charge is -2.13. The molecule has 30 nitrogen and oxygen atoms in total. The van der Waals surface area contributed by atoms with Crippen LogP contribution >= 0.6 is 80.1 Å². The molecule has 0 atom stereocenters. The smallest absolute Gasteiger partial charge is 0.212 e. The summed E-state index contributed by atoms with van der Waals surface area (Å²) >= 11 is 18.9. The van der Waals surface area contributed by atoms with Crippen molar-refractivity contribution in [1.82, 2.24) is 24.9 Å². The number of aromatic nitrogens is 5. The molecule has 4 N–H and O–H groups in total. The van der Waals surface area contributed by atoms with Crippen molar-refractivity contribution >= 4 is 163 Å². The second-order valence-electron chi connectivity index (χ2n) is 27.2. The van der Waals surface area contributed by atoms with Gasteiger partial charge in [0.15, 0.2) is 78.0 Å². The van der Waals surface area contributed by atoms with E-state index >= 15 is 0 Å². The molecule has 0 amide bonds. The number of nitrogens with zero attached hydrogens (tertiary/aromatic N) is 6. The Morgan fingerprint density at radius 1 is 0.291 bits per heavy atom. The van der Waals surface area contributed by atoms with Crippen LogP contribution < -0.4 is 96.7 Å². The van der Waals surface area contributed by atoms with E-state index in [1.54, 1.807) is 112 Å². The normalized spacial score (nSPS) is 10.4. The molecule has 694 valence electrons. The second-order valence-corrected chi connectivity index (χ2v) is 32.3. The molecule has 0 aliphatic rings. The van der Waals surface area contributed by atoms with Gasteiger partial charge in [-0.25, -0.2) is 33.7 Å². The molecule has 134 heavy (non-hydrogen) atoms. The highest BCUT2D eigenvalue weighted by Crippen LogP contribution is 2.45. The van der Waals surface area contributed by atoms with Crippen LogP contribution in [0.1, 0.15) is 85.8 Å². The van der Waals surface area contributed by atoms with E-state index in [1.165, 1.54) is 185 Å². The van der Waals surface area contributed by atoms with E-state index in [0.717, 1.165) is 22.7 Å². The first kappa shape index (κ1) is 99.8. The van der Waals surface area contributed by atoms with E-state index in [0.29, 0.717) is 168 Å². The number of thiazole rings is 5. The molecule has 15 rings (SSSR count). The lowest BCUT2D eigenvalue weighted by molar-refractivity contribution is 0.102. The lowest BCUT2D eigenvalue weighted by atomic mass is 10.1. The van der Waals surface area contributed by atoms with Crippen LogP contribution in [0.5, 0.6) is 86.2 Å². The summed E-state index contributed by atoms with van der Waals surface area (Å²) in [6.07, 6.45) is 0. The number of ether oxygens (including phenoxy) is 15. The number of anilines is 10. The topological polar surface area (TPSA) is 340 Å². The SMILES string of the molecule is COc1cc(C(=O)c2csc(N(Cl)c3ccccc3)n2)cc(OC)c1OC.COc1cc(C(=O)c2csc(Nc3ccc(C)cc3)n2)cc(OC)c1OC.COc1cc(C(=O)c2csc(Nc3ccc(Cl)cc3)n2)cc(OC)c1OC.COc1cc(C(=O)c2csc(Nc3ccc(F)cc3)n2)cc(OC)c1OC.COc1cc(C(=O)c2csc(Nc3ccccc3)n2)cc(OC)c1OC. The largest absolute Gasteiger partial charge is 0.493 e. The van der Waals surface area contributed by atoms with Gasteiger partial charge in [0.2, 0.25) is 62.8 Å². The molecule has 0 fully saturated rings. The zero-order valence-electron chi connectivity index (χ0n) is 74.9. The van der Waals surface area contributed by atoms with E-state index in [4.69, 9.17) is 94.4 Å². The maximum absolute atomic E-state index is 13.0. The summed E-state index contributed by atoms with van der Waals surface area (Å²) in [6.45, 7) is 2.03. The molecule has 0 saturated heterocycles. The fraction of sp³-hybridized carbons (Fsp3) is 0.167. The first-order valence-electron chi connectivity index (χ1n) is 39.6. The number of hydrogen-bond acceptors (Lipinski definition) is 35. The number of aryl methyl sites for hydroxylation is 1. The predicted molar refractivity (Wildman–Crippen MR) is 521 cm³/mol. The average Bonchev–Trinajstić information content (AvgIpc) is 1.55. The molecule has 0 saturated carbocycles. The van der Waals surface area contributed by atoms with E-state index in [9.17, 15) is 28.4 Å². The minimum Gasteiger partial charge on any atom is -0.493 e. The van der Waals surface area contributed by atoms with Gasteiger partial charge >= 0.3 is 0 Å². The highest BCUT2D eigenvalue weighted by atomic mass is 35.5.